The van der Waals surface area contributed by atoms with Crippen LogP contribution >= 0.6 is 0 Å². The highest BCUT2D eigenvalue weighted by molar-refractivity contribution is 5.89. The molecule has 3 heteroatoms. The van der Waals surface area contributed by atoms with Crippen molar-refractivity contribution >= 4 is 5.97 Å². The van der Waals surface area contributed by atoms with Crippen LogP contribution in [-0.4, -0.2) is 13.1 Å². The van der Waals surface area contributed by atoms with E-state index in [4.69, 9.17) is 5.73 Å². The molecule has 1 fully saturated rings. The molecule has 86 valence electrons. The summed E-state index contributed by atoms with van der Waals surface area (Å²) in [6.45, 7) is 4.31. The summed E-state index contributed by atoms with van der Waals surface area (Å²) in [6, 6.07) is 7.37. The summed E-state index contributed by atoms with van der Waals surface area (Å²) in [5.74, 6) is -0.312. The first kappa shape index (κ1) is 11.1. The second kappa shape index (κ2) is 3.32. The van der Waals surface area contributed by atoms with Crippen LogP contribution in [0.1, 0.15) is 36.2 Å². The van der Waals surface area contributed by atoms with Crippen LogP contribution in [0.25, 0.3) is 0 Å². The molecule has 0 saturated heterocycles. The van der Waals surface area contributed by atoms with Gasteiger partial charge in [-0.1, -0.05) is 26.0 Å². The van der Waals surface area contributed by atoms with Crippen molar-refractivity contribution in [2.24, 2.45) is 11.1 Å². The molecule has 0 amide bonds. The lowest BCUT2D eigenvalue weighted by Gasteiger charge is -2.15. The molecule has 2 N–H and O–H groups in total. The van der Waals surface area contributed by atoms with E-state index >= 15 is 0 Å². The molecule has 1 aliphatic rings. The van der Waals surface area contributed by atoms with Gasteiger partial charge in [-0.05, 0) is 29.5 Å². The number of hydrogen-bond donors (Lipinski definition) is 1. The molecule has 0 radical (unpaired) electrons. The van der Waals surface area contributed by atoms with Gasteiger partial charge >= 0.3 is 5.97 Å². The lowest BCUT2D eigenvalue weighted by Crippen LogP contribution is -2.25. The standard InChI is InChI=1S/C13H17NO2/c1-12(2)8-13(12,14)10-6-4-9(5-7-10)11(15)16-3/h4-7H,8,14H2,1-3H3. The van der Waals surface area contributed by atoms with Crippen LogP contribution in [0.15, 0.2) is 24.3 Å². The van der Waals surface area contributed by atoms with Crippen LogP contribution in [0.3, 0.4) is 0 Å². The Morgan fingerprint density at radius 1 is 1.31 bits per heavy atom. The Bertz CT molecular complexity index is 422. The van der Waals surface area contributed by atoms with Gasteiger partial charge in [-0.3, -0.25) is 0 Å². The Morgan fingerprint density at radius 2 is 1.81 bits per heavy atom. The monoisotopic (exact) mass is 219 g/mol. The molecule has 0 spiro atoms. The molecule has 3 nitrogen and oxygen atoms in total. The van der Waals surface area contributed by atoms with E-state index in [1.807, 2.05) is 12.1 Å². The van der Waals surface area contributed by atoms with Gasteiger partial charge in [0.15, 0.2) is 0 Å². The third-order valence-electron chi connectivity index (χ3n) is 3.62. The first-order valence-corrected chi connectivity index (χ1v) is 5.38. The highest BCUT2D eigenvalue weighted by Crippen LogP contribution is 2.60. The van der Waals surface area contributed by atoms with Crippen molar-refractivity contribution < 1.29 is 9.53 Å². The van der Waals surface area contributed by atoms with E-state index in [-0.39, 0.29) is 16.9 Å². The topological polar surface area (TPSA) is 52.3 Å². The van der Waals surface area contributed by atoms with Crippen molar-refractivity contribution in [3.8, 4) is 0 Å². The van der Waals surface area contributed by atoms with E-state index in [1.165, 1.54) is 7.11 Å². The van der Waals surface area contributed by atoms with Crippen LogP contribution in [0.5, 0.6) is 0 Å². The van der Waals surface area contributed by atoms with Crippen molar-refractivity contribution in [3.63, 3.8) is 0 Å². The van der Waals surface area contributed by atoms with Crippen LogP contribution in [0.4, 0.5) is 0 Å². The predicted molar refractivity (Wildman–Crippen MR) is 62.0 cm³/mol. The predicted octanol–water partition coefficient (Wildman–Crippen LogP) is 2.06. The van der Waals surface area contributed by atoms with E-state index < -0.39 is 0 Å². The quantitative estimate of drug-likeness (QED) is 0.774. The minimum atomic E-state index is -0.312. The lowest BCUT2D eigenvalue weighted by atomic mass is 9.96. The van der Waals surface area contributed by atoms with E-state index in [9.17, 15) is 4.79 Å². The molecule has 0 heterocycles. The maximum Gasteiger partial charge on any atom is 0.337 e. The lowest BCUT2D eigenvalue weighted by molar-refractivity contribution is 0.0600. The number of benzene rings is 1. The minimum Gasteiger partial charge on any atom is -0.465 e. The Kier molecular flexibility index (Phi) is 2.31. The van der Waals surface area contributed by atoms with Crippen molar-refractivity contribution in [1.29, 1.82) is 0 Å². The molecule has 0 aromatic heterocycles. The Hall–Kier alpha value is -1.35. The van der Waals surface area contributed by atoms with Crippen LogP contribution in [0.2, 0.25) is 0 Å². The maximum absolute atomic E-state index is 11.3. The average Bonchev–Trinajstić information content (AvgIpc) is 2.79. The SMILES string of the molecule is COC(=O)c1ccc(C2(N)CC2(C)C)cc1. The van der Waals surface area contributed by atoms with Gasteiger partial charge in [0.1, 0.15) is 0 Å². The van der Waals surface area contributed by atoms with Gasteiger partial charge in [0.2, 0.25) is 0 Å². The van der Waals surface area contributed by atoms with Crippen molar-refractivity contribution in [2.45, 2.75) is 25.8 Å². The summed E-state index contributed by atoms with van der Waals surface area (Å²) in [6.07, 6.45) is 0.984. The highest BCUT2D eigenvalue weighted by Gasteiger charge is 2.59. The molecule has 1 saturated carbocycles. The second-order valence-corrected chi connectivity index (χ2v) is 5.10. The smallest absolute Gasteiger partial charge is 0.337 e. The summed E-state index contributed by atoms with van der Waals surface area (Å²) < 4.78 is 4.65. The Morgan fingerprint density at radius 3 is 2.19 bits per heavy atom. The number of esters is 1. The number of carbonyl (C=O) groups excluding carboxylic acids is 1. The molecule has 16 heavy (non-hydrogen) atoms. The first-order valence-electron chi connectivity index (χ1n) is 5.38. The third-order valence-corrected chi connectivity index (χ3v) is 3.62. The Labute approximate surface area is 95.6 Å². The molecule has 0 aliphatic heterocycles. The first-order chi connectivity index (χ1) is 7.40. The van der Waals surface area contributed by atoms with Crippen LogP contribution < -0.4 is 5.73 Å². The molecule has 1 aliphatic carbocycles. The molecule has 1 aromatic rings. The number of carbonyl (C=O) groups is 1. The fourth-order valence-electron chi connectivity index (χ4n) is 2.17. The van der Waals surface area contributed by atoms with Gasteiger partial charge < -0.3 is 10.5 Å². The number of ether oxygens (including phenoxy) is 1. The van der Waals surface area contributed by atoms with Crippen molar-refractivity contribution in [3.05, 3.63) is 35.4 Å². The van der Waals surface area contributed by atoms with Gasteiger partial charge in [0.05, 0.1) is 12.7 Å². The van der Waals surface area contributed by atoms with E-state index in [1.54, 1.807) is 12.1 Å². The summed E-state index contributed by atoms with van der Waals surface area (Å²) in [7, 11) is 1.38. The molecule has 0 bridgehead atoms. The largest absolute Gasteiger partial charge is 0.465 e. The number of methoxy groups -OCH3 is 1. The van der Waals surface area contributed by atoms with Gasteiger partial charge in [0, 0.05) is 5.54 Å². The molecular weight excluding hydrogens is 202 g/mol. The number of hydrogen-bond acceptors (Lipinski definition) is 3. The molecule has 2 rings (SSSR count). The van der Waals surface area contributed by atoms with Gasteiger partial charge in [-0.15, -0.1) is 0 Å². The minimum absolute atomic E-state index is 0.153. The van der Waals surface area contributed by atoms with Crippen LogP contribution in [0, 0.1) is 5.41 Å². The number of rotatable bonds is 2. The molecule has 1 aromatic carbocycles. The van der Waals surface area contributed by atoms with Gasteiger partial charge in [-0.2, -0.15) is 0 Å². The molecular formula is C13H17NO2. The van der Waals surface area contributed by atoms with Crippen molar-refractivity contribution in [1.82, 2.24) is 0 Å². The summed E-state index contributed by atoms with van der Waals surface area (Å²) in [4.78, 5) is 11.3. The fraction of sp³-hybridized carbons (Fsp3) is 0.462. The van der Waals surface area contributed by atoms with E-state index in [0.717, 1.165) is 12.0 Å². The third kappa shape index (κ3) is 1.52. The van der Waals surface area contributed by atoms with Crippen LogP contribution in [-0.2, 0) is 10.3 Å². The van der Waals surface area contributed by atoms with Gasteiger partial charge in [-0.25, -0.2) is 4.79 Å². The fourth-order valence-corrected chi connectivity index (χ4v) is 2.17. The molecule has 1 atom stereocenters. The average molecular weight is 219 g/mol. The summed E-state index contributed by atoms with van der Waals surface area (Å²) >= 11 is 0. The molecule has 1 unspecified atom stereocenters. The summed E-state index contributed by atoms with van der Waals surface area (Å²) in [5, 5.41) is 0. The maximum atomic E-state index is 11.3. The van der Waals surface area contributed by atoms with Gasteiger partial charge in [0.25, 0.3) is 0 Å². The van der Waals surface area contributed by atoms with Crippen molar-refractivity contribution in [2.75, 3.05) is 7.11 Å². The normalized spacial score (nSPS) is 26.2. The Balaban J connectivity index is 2.25. The summed E-state index contributed by atoms with van der Waals surface area (Å²) in [5.41, 5.74) is 7.86. The zero-order valence-corrected chi connectivity index (χ0v) is 9.91. The highest BCUT2D eigenvalue weighted by atomic mass is 16.5. The number of nitrogens with two attached hydrogens (primary N) is 1. The second-order valence-electron chi connectivity index (χ2n) is 5.10. The van der Waals surface area contributed by atoms with E-state index in [0.29, 0.717) is 5.56 Å². The zero-order chi connectivity index (χ0) is 12.0. The zero-order valence-electron chi connectivity index (χ0n) is 9.91. The van der Waals surface area contributed by atoms with E-state index in [2.05, 4.69) is 18.6 Å².